The van der Waals surface area contributed by atoms with Gasteiger partial charge in [-0.25, -0.2) is 4.98 Å². The van der Waals surface area contributed by atoms with Crippen molar-refractivity contribution in [2.45, 2.75) is 20.4 Å². The van der Waals surface area contributed by atoms with E-state index >= 15 is 0 Å². The van der Waals surface area contributed by atoms with Crippen molar-refractivity contribution in [1.29, 1.82) is 0 Å². The van der Waals surface area contributed by atoms with Gasteiger partial charge in [0.2, 0.25) is 0 Å². The lowest BCUT2D eigenvalue weighted by Gasteiger charge is -2.07. The normalized spacial score (nSPS) is 9.42. The Labute approximate surface area is 74.2 Å². The van der Waals surface area contributed by atoms with Crippen LogP contribution in [-0.2, 0) is 6.54 Å². The Balaban J connectivity index is 0.000000561. The fourth-order valence-electron chi connectivity index (χ4n) is 0.651. The predicted octanol–water partition coefficient (Wildman–Crippen LogP) is 0.866. The van der Waals surface area contributed by atoms with Gasteiger partial charge in [-0.3, -0.25) is 4.68 Å². The molecule has 1 rings (SSSR count). The van der Waals surface area contributed by atoms with Gasteiger partial charge < -0.3 is 4.90 Å². The van der Waals surface area contributed by atoms with Crippen LogP contribution in [0.15, 0.2) is 12.7 Å². The second kappa shape index (κ2) is 6.79. The van der Waals surface area contributed by atoms with E-state index in [2.05, 4.69) is 15.0 Å². The van der Waals surface area contributed by atoms with E-state index in [1.165, 1.54) is 0 Å². The lowest BCUT2D eigenvalue weighted by atomic mass is 10.6. The lowest BCUT2D eigenvalue weighted by molar-refractivity contribution is 0.373. The highest BCUT2D eigenvalue weighted by atomic mass is 15.3. The summed E-state index contributed by atoms with van der Waals surface area (Å²) in [5.74, 6) is 0. The molecule has 1 aromatic heterocycles. The van der Waals surface area contributed by atoms with E-state index in [4.69, 9.17) is 0 Å². The molecule has 70 valence electrons. The van der Waals surface area contributed by atoms with Crippen LogP contribution in [0.3, 0.4) is 0 Å². The Morgan fingerprint density at radius 1 is 1.33 bits per heavy atom. The first-order chi connectivity index (χ1) is 5.79. The fraction of sp³-hybridized carbons (Fsp3) is 0.750. The highest BCUT2D eigenvalue weighted by Gasteiger charge is 1.91. The van der Waals surface area contributed by atoms with Gasteiger partial charge in [-0.05, 0) is 14.1 Å². The van der Waals surface area contributed by atoms with Gasteiger partial charge in [0, 0.05) is 6.54 Å². The second-order valence-corrected chi connectivity index (χ2v) is 2.46. The number of hydrogen-bond donors (Lipinski definition) is 0. The summed E-state index contributed by atoms with van der Waals surface area (Å²) in [7, 11) is 4.08. The zero-order chi connectivity index (χ0) is 9.40. The third kappa shape index (κ3) is 4.85. The topological polar surface area (TPSA) is 34.0 Å². The molecule has 0 aromatic carbocycles. The van der Waals surface area contributed by atoms with E-state index in [0.29, 0.717) is 0 Å². The lowest BCUT2D eigenvalue weighted by Crippen LogP contribution is -2.18. The van der Waals surface area contributed by atoms with Crippen molar-refractivity contribution in [2.75, 3.05) is 20.6 Å². The molecule has 0 aliphatic heterocycles. The van der Waals surface area contributed by atoms with E-state index in [9.17, 15) is 0 Å². The number of aromatic nitrogens is 3. The number of rotatable bonds is 3. The molecule has 0 bridgehead atoms. The van der Waals surface area contributed by atoms with Gasteiger partial charge in [0.15, 0.2) is 0 Å². The minimum absolute atomic E-state index is 0.910. The molecule has 0 N–H and O–H groups in total. The molecule has 0 amide bonds. The van der Waals surface area contributed by atoms with Gasteiger partial charge >= 0.3 is 0 Å². The quantitative estimate of drug-likeness (QED) is 0.675. The first-order valence-electron chi connectivity index (χ1n) is 4.26. The Morgan fingerprint density at radius 3 is 2.42 bits per heavy atom. The van der Waals surface area contributed by atoms with Crippen LogP contribution in [0.5, 0.6) is 0 Å². The van der Waals surface area contributed by atoms with Crippen molar-refractivity contribution >= 4 is 0 Å². The molecule has 0 radical (unpaired) electrons. The number of likely N-dealkylation sites (N-methyl/N-ethyl adjacent to an activating group) is 1. The first kappa shape index (κ1) is 11.1. The molecule has 0 unspecified atom stereocenters. The van der Waals surface area contributed by atoms with Crippen molar-refractivity contribution in [2.24, 2.45) is 0 Å². The van der Waals surface area contributed by atoms with Crippen molar-refractivity contribution in [3.8, 4) is 0 Å². The highest BCUT2D eigenvalue weighted by Crippen LogP contribution is 1.81. The van der Waals surface area contributed by atoms with Crippen LogP contribution in [0.4, 0.5) is 0 Å². The van der Waals surface area contributed by atoms with Crippen LogP contribution in [0.1, 0.15) is 13.8 Å². The van der Waals surface area contributed by atoms with Crippen molar-refractivity contribution < 1.29 is 0 Å². The predicted molar refractivity (Wildman–Crippen MR) is 49.9 cm³/mol. The van der Waals surface area contributed by atoms with Crippen molar-refractivity contribution in [3.05, 3.63) is 12.7 Å². The average molecular weight is 170 g/mol. The molecule has 0 saturated heterocycles. The molecule has 0 saturated carbocycles. The summed E-state index contributed by atoms with van der Waals surface area (Å²) in [4.78, 5) is 5.95. The average Bonchev–Trinajstić information content (AvgIpc) is 2.56. The van der Waals surface area contributed by atoms with Gasteiger partial charge in [0.1, 0.15) is 12.7 Å². The molecular weight excluding hydrogens is 152 g/mol. The number of hydrogen-bond acceptors (Lipinski definition) is 3. The summed E-state index contributed by atoms with van der Waals surface area (Å²) < 4.78 is 1.82. The van der Waals surface area contributed by atoms with Crippen LogP contribution in [0.25, 0.3) is 0 Å². The monoisotopic (exact) mass is 170 g/mol. The van der Waals surface area contributed by atoms with E-state index in [-0.39, 0.29) is 0 Å². The van der Waals surface area contributed by atoms with Crippen LogP contribution in [0, 0.1) is 0 Å². The Kier molecular flexibility index (Phi) is 6.28. The van der Waals surface area contributed by atoms with Gasteiger partial charge in [-0.1, -0.05) is 13.8 Å². The zero-order valence-corrected chi connectivity index (χ0v) is 8.36. The van der Waals surface area contributed by atoms with Crippen molar-refractivity contribution in [1.82, 2.24) is 19.7 Å². The van der Waals surface area contributed by atoms with E-state index in [1.54, 1.807) is 12.7 Å². The van der Waals surface area contributed by atoms with Gasteiger partial charge in [0.05, 0.1) is 6.54 Å². The molecule has 1 heterocycles. The van der Waals surface area contributed by atoms with Crippen LogP contribution in [-0.4, -0.2) is 40.3 Å². The summed E-state index contributed by atoms with van der Waals surface area (Å²) in [6, 6.07) is 0. The summed E-state index contributed by atoms with van der Waals surface area (Å²) in [6.45, 7) is 5.91. The molecule has 0 aliphatic rings. The third-order valence-electron chi connectivity index (χ3n) is 1.24. The summed E-state index contributed by atoms with van der Waals surface area (Å²) >= 11 is 0. The summed E-state index contributed by atoms with van der Waals surface area (Å²) in [5.41, 5.74) is 0. The smallest absolute Gasteiger partial charge is 0.137 e. The van der Waals surface area contributed by atoms with Crippen LogP contribution in [0.2, 0.25) is 0 Å². The maximum Gasteiger partial charge on any atom is 0.137 e. The molecule has 1 aromatic rings. The minimum Gasteiger partial charge on any atom is -0.308 e. The third-order valence-corrected chi connectivity index (χ3v) is 1.24. The van der Waals surface area contributed by atoms with E-state index in [0.717, 1.165) is 13.1 Å². The molecule has 4 heteroatoms. The Morgan fingerprint density at radius 2 is 2.00 bits per heavy atom. The molecule has 12 heavy (non-hydrogen) atoms. The molecular formula is C8H18N4. The Hall–Kier alpha value is -0.900. The molecule has 0 spiro atoms. The minimum atomic E-state index is 0.910. The van der Waals surface area contributed by atoms with Crippen LogP contribution < -0.4 is 0 Å². The fourth-order valence-corrected chi connectivity index (χ4v) is 0.651. The molecule has 4 nitrogen and oxygen atoms in total. The largest absolute Gasteiger partial charge is 0.308 e. The summed E-state index contributed by atoms with van der Waals surface area (Å²) in [5, 5.41) is 3.97. The maximum absolute atomic E-state index is 3.97. The van der Waals surface area contributed by atoms with Gasteiger partial charge in [-0.15, -0.1) is 0 Å². The molecule has 0 fully saturated rings. The highest BCUT2D eigenvalue weighted by molar-refractivity contribution is 4.56. The van der Waals surface area contributed by atoms with Gasteiger partial charge in [-0.2, -0.15) is 5.10 Å². The number of nitrogens with zero attached hydrogens (tertiary/aromatic N) is 4. The Bertz CT molecular complexity index is 169. The SMILES string of the molecule is CC.CN(C)CCn1cncn1. The van der Waals surface area contributed by atoms with Gasteiger partial charge in [0.25, 0.3) is 0 Å². The second-order valence-electron chi connectivity index (χ2n) is 2.46. The molecule has 0 aliphatic carbocycles. The maximum atomic E-state index is 3.97. The standard InChI is InChI=1S/C6H12N4.C2H6/c1-9(2)3-4-10-6-7-5-8-10;1-2/h5-6H,3-4H2,1-2H3;1-2H3. The van der Waals surface area contributed by atoms with Crippen LogP contribution >= 0.6 is 0 Å². The summed E-state index contributed by atoms with van der Waals surface area (Å²) in [6.07, 6.45) is 3.28. The van der Waals surface area contributed by atoms with Crippen molar-refractivity contribution in [3.63, 3.8) is 0 Å². The van der Waals surface area contributed by atoms with E-state index in [1.807, 2.05) is 32.6 Å². The van der Waals surface area contributed by atoms with E-state index < -0.39 is 0 Å². The molecule has 0 atom stereocenters. The zero-order valence-electron chi connectivity index (χ0n) is 8.36. The first-order valence-corrected chi connectivity index (χ1v) is 4.26.